The van der Waals surface area contributed by atoms with Gasteiger partial charge < -0.3 is 15.0 Å². The third-order valence-corrected chi connectivity index (χ3v) is 5.14. The summed E-state index contributed by atoms with van der Waals surface area (Å²) in [6, 6.07) is 0.432. The van der Waals surface area contributed by atoms with Crippen LogP contribution in [0.15, 0.2) is 0 Å². The Hall–Kier alpha value is -0.320. The van der Waals surface area contributed by atoms with Crippen molar-refractivity contribution in [1.82, 2.24) is 10.2 Å². The Bertz CT molecular complexity index is 301. The molecular weight excluding hydrogens is 288 g/mol. The lowest BCUT2D eigenvalue weighted by molar-refractivity contribution is -0.133. The Morgan fingerprint density at radius 1 is 1.14 bits per heavy atom. The van der Waals surface area contributed by atoms with Gasteiger partial charge in [-0.1, -0.05) is 0 Å². The van der Waals surface area contributed by atoms with E-state index in [4.69, 9.17) is 4.74 Å². The quantitative estimate of drug-likeness (QED) is 0.847. The van der Waals surface area contributed by atoms with Crippen LogP contribution in [0.25, 0.3) is 0 Å². The van der Waals surface area contributed by atoms with Gasteiger partial charge in [0.1, 0.15) is 0 Å². The van der Waals surface area contributed by atoms with E-state index in [0.717, 1.165) is 57.5 Å². The van der Waals surface area contributed by atoms with Crippen molar-refractivity contribution in [3.8, 4) is 0 Å². The summed E-state index contributed by atoms with van der Waals surface area (Å²) >= 11 is 0. The molecule has 0 atom stereocenters. The highest BCUT2D eigenvalue weighted by Gasteiger charge is 2.26. The molecule has 2 fully saturated rings. The molecule has 2 rings (SSSR count). The normalized spacial score (nSPS) is 27.0. The molecule has 0 aromatic rings. The summed E-state index contributed by atoms with van der Waals surface area (Å²) in [5.74, 6) is 1.09. The minimum atomic E-state index is 0. The van der Waals surface area contributed by atoms with Crippen molar-refractivity contribution < 1.29 is 9.53 Å². The first-order valence-corrected chi connectivity index (χ1v) is 8.20. The van der Waals surface area contributed by atoms with Gasteiger partial charge in [-0.05, 0) is 64.0 Å². The Balaban J connectivity index is 0.00000220. The molecule has 5 heteroatoms. The molecule has 2 aliphatic rings. The van der Waals surface area contributed by atoms with Crippen molar-refractivity contribution in [2.75, 3.05) is 27.2 Å². The summed E-state index contributed by atoms with van der Waals surface area (Å²) in [6.45, 7) is 2.24. The molecule has 1 aliphatic heterocycles. The zero-order valence-corrected chi connectivity index (χ0v) is 14.3. The smallest absolute Gasteiger partial charge is 0.222 e. The maximum absolute atomic E-state index is 12.3. The number of ether oxygens (including phenoxy) is 1. The van der Waals surface area contributed by atoms with Gasteiger partial charge in [0, 0.05) is 26.6 Å². The second-order valence-electron chi connectivity index (χ2n) is 6.40. The van der Waals surface area contributed by atoms with Gasteiger partial charge in [-0.15, -0.1) is 12.4 Å². The van der Waals surface area contributed by atoms with Crippen LogP contribution in [0.5, 0.6) is 0 Å². The predicted molar refractivity (Wildman–Crippen MR) is 87.9 cm³/mol. The number of carbonyl (C=O) groups is 1. The first kappa shape index (κ1) is 18.7. The second kappa shape index (κ2) is 9.65. The van der Waals surface area contributed by atoms with Crippen LogP contribution in [0.2, 0.25) is 0 Å². The minimum absolute atomic E-state index is 0. The van der Waals surface area contributed by atoms with Crippen molar-refractivity contribution in [2.24, 2.45) is 5.92 Å². The van der Waals surface area contributed by atoms with E-state index < -0.39 is 0 Å². The maximum atomic E-state index is 12.3. The molecule has 1 heterocycles. The van der Waals surface area contributed by atoms with Crippen LogP contribution >= 0.6 is 12.4 Å². The van der Waals surface area contributed by atoms with E-state index in [-0.39, 0.29) is 12.4 Å². The number of halogens is 1. The second-order valence-corrected chi connectivity index (χ2v) is 6.40. The molecule has 0 spiro atoms. The average molecular weight is 319 g/mol. The maximum Gasteiger partial charge on any atom is 0.222 e. The Kier molecular flexibility index (Phi) is 8.60. The molecule has 0 aromatic heterocycles. The molecule has 1 N–H and O–H groups in total. The lowest BCUT2D eigenvalue weighted by Crippen LogP contribution is -2.40. The molecule has 124 valence electrons. The number of rotatable bonds is 5. The Morgan fingerprint density at radius 3 is 2.33 bits per heavy atom. The average Bonchev–Trinajstić information content (AvgIpc) is 2.53. The van der Waals surface area contributed by atoms with Crippen molar-refractivity contribution in [2.45, 2.75) is 63.5 Å². The van der Waals surface area contributed by atoms with Crippen molar-refractivity contribution in [3.05, 3.63) is 0 Å². The van der Waals surface area contributed by atoms with Gasteiger partial charge >= 0.3 is 0 Å². The van der Waals surface area contributed by atoms with E-state index in [1.165, 1.54) is 12.8 Å². The standard InChI is InChI=1S/C16H30N2O2.ClH/c1-18(14-4-6-15(20-2)7-5-14)16(19)8-3-13-9-11-17-12-10-13;/h13-15,17H,3-12H2,1-2H3;1H. The van der Waals surface area contributed by atoms with Crippen LogP contribution in [0.4, 0.5) is 0 Å². The Labute approximate surface area is 135 Å². The highest BCUT2D eigenvalue weighted by Crippen LogP contribution is 2.25. The molecule has 1 amide bonds. The van der Waals surface area contributed by atoms with E-state index in [1.807, 2.05) is 11.9 Å². The summed E-state index contributed by atoms with van der Waals surface area (Å²) in [5.41, 5.74) is 0. The number of nitrogens with one attached hydrogen (secondary N) is 1. The SMILES string of the molecule is COC1CCC(N(C)C(=O)CCC2CCNCC2)CC1.Cl. The van der Waals surface area contributed by atoms with Crippen LogP contribution in [0.3, 0.4) is 0 Å². The van der Waals surface area contributed by atoms with E-state index in [1.54, 1.807) is 7.11 Å². The third-order valence-electron chi connectivity index (χ3n) is 5.14. The molecule has 1 saturated heterocycles. The lowest BCUT2D eigenvalue weighted by atomic mass is 9.90. The molecule has 0 radical (unpaired) electrons. The summed E-state index contributed by atoms with van der Waals surface area (Å²) in [5, 5.41) is 3.38. The van der Waals surface area contributed by atoms with Crippen LogP contribution in [-0.4, -0.2) is 50.2 Å². The number of methoxy groups -OCH3 is 1. The number of amides is 1. The summed E-state index contributed by atoms with van der Waals surface area (Å²) < 4.78 is 5.40. The van der Waals surface area contributed by atoms with Crippen LogP contribution in [0.1, 0.15) is 51.4 Å². The van der Waals surface area contributed by atoms with Gasteiger partial charge in [0.15, 0.2) is 0 Å². The largest absolute Gasteiger partial charge is 0.381 e. The van der Waals surface area contributed by atoms with Gasteiger partial charge in [0.05, 0.1) is 6.10 Å². The minimum Gasteiger partial charge on any atom is -0.381 e. The van der Waals surface area contributed by atoms with Crippen LogP contribution < -0.4 is 5.32 Å². The first-order valence-electron chi connectivity index (χ1n) is 8.20. The summed E-state index contributed by atoms with van der Waals surface area (Å²) in [4.78, 5) is 14.3. The molecule has 1 saturated carbocycles. The molecular formula is C16H31ClN2O2. The topological polar surface area (TPSA) is 41.6 Å². The lowest BCUT2D eigenvalue weighted by Gasteiger charge is -2.34. The predicted octanol–water partition coefficient (Wildman–Crippen LogP) is 2.60. The fraction of sp³-hybridized carbons (Fsp3) is 0.938. The summed E-state index contributed by atoms with van der Waals surface area (Å²) in [6.07, 6.45) is 9.03. The van der Waals surface area contributed by atoms with Crippen molar-refractivity contribution >= 4 is 18.3 Å². The van der Waals surface area contributed by atoms with Crippen LogP contribution in [-0.2, 0) is 9.53 Å². The van der Waals surface area contributed by atoms with Crippen molar-refractivity contribution in [3.63, 3.8) is 0 Å². The zero-order chi connectivity index (χ0) is 14.4. The number of carbonyl (C=O) groups excluding carboxylic acids is 1. The van der Waals surface area contributed by atoms with E-state index in [2.05, 4.69) is 5.32 Å². The number of nitrogens with zero attached hydrogens (tertiary/aromatic N) is 1. The molecule has 0 bridgehead atoms. The highest BCUT2D eigenvalue weighted by molar-refractivity contribution is 5.85. The number of hydrogen-bond acceptors (Lipinski definition) is 3. The van der Waals surface area contributed by atoms with Gasteiger partial charge in [0.2, 0.25) is 5.91 Å². The molecule has 0 aromatic carbocycles. The Morgan fingerprint density at radius 2 is 1.76 bits per heavy atom. The molecule has 21 heavy (non-hydrogen) atoms. The van der Waals surface area contributed by atoms with Crippen molar-refractivity contribution in [1.29, 1.82) is 0 Å². The van der Waals surface area contributed by atoms with Gasteiger partial charge in [-0.25, -0.2) is 0 Å². The van der Waals surface area contributed by atoms with E-state index >= 15 is 0 Å². The first-order chi connectivity index (χ1) is 9.70. The fourth-order valence-electron chi connectivity index (χ4n) is 3.55. The fourth-order valence-corrected chi connectivity index (χ4v) is 3.55. The van der Waals surface area contributed by atoms with Gasteiger partial charge in [-0.2, -0.15) is 0 Å². The third kappa shape index (κ3) is 5.76. The van der Waals surface area contributed by atoms with Gasteiger partial charge in [-0.3, -0.25) is 4.79 Å². The molecule has 0 unspecified atom stereocenters. The van der Waals surface area contributed by atoms with Crippen LogP contribution in [0, 0.1) is 5.92 Å². The molecule has 1 aliphatic carbocycles. The number of hydrogen-bond donors (Lipinski definition) is 1. The summed E-state index contributed by atoms with van der Waals surface area (Å²) in [7, 11) is 3.78. The monoisotopic (exact) mass is 318 g/mol. The van der Waals surface area contributed by atoms with E-state index in [0.29, 0.717) is 18.1 Å². The zero-order valence-electron chi connectivity index (χ0n) is 13.5. The van der Waals surface area contributed by atoms with E-state index in [9.17, 15) is 4.79 Å². The molecule has 4 nitrogen and oxygen atoms in total. The number of piperidine rings is 1. The van der Waals surface area contributed by atoms with Gasteiger partial charge in [0.25, 0.3) is 0 Å². The highest BCUT2D eigenvalue weighted by atomic mass is 35.5.